The van der Waals surface area contributed by atoms with Crippen molar-refractivity contribution in [2.24, 2.45) is 4.99 Å². The molecular weight excluding hydrogens is 290 g/mol. The van der Waals surface area contributed by atoms with Crippen LogP contribution in [0.4, 0.5) is 0 Å². The lowest BCUT2D eigenvalue weighted by molar-refractivity contribution is 0.730. The van der Waals surface area contributed by atoms with Gasteiger partial charge in [-0.15, -0.1) is 0 Å². The third-order valence-electron chi connectivity index (χ3n) is 2.91. The van der Waals surface area contributed by atoms with Crippen molar-refractivity contribution in [3.05, 3.63) is 34.9 Å². The van der Waals surface area contributed by atoms with Crippen LogP contribution in [0.15, 0.2) is 29.3 Å². The average molecular weight is 314 g/mol. The molecule has 0 unspecified atom stereocenters. The van der Waals surface area contributed by atoms with E-state index in [1.807, 2.05) is 23.9 Å². The molecule has 0 radical (unpaired) electrons. The minimum Gasteiger partial charge on any atom is -0.356 e. The molecule has 20 heavy (non-hydrogen) atoms. The number of aliphatic imine (C=N–C) groups is 1. The molecule has 0 heterocycles. The van der Waals surface area contributed by atoms with Crippen LogP contribution in [0.3, 0.4) is 0 Å². The predicted octanol–water partition coefficient (Wildman–Crippen LogP) is 3.19. The summed E-state index contributed by atoms with van der Waals surface area (Å²) in [5.41, 5.74) is 1.28. The lowest BCUT2D eigenvalue weighted by Gasteiger charge is -2.11. The highest BCUT2D eigenvalue weighted by molar-refractivity contribution is 7.98. The zero-order chi connectivity index (χ0) is 14.6. The number of hydrogen-bond acceptors (Lipinski definition) is 2. The summed E-state index contributed by atoms with van der Waals surface area (Å²) in [4.78, 5) is 4.22. The molecular formula is C15H24ClN3S. The van der Waals surface area contributed by atoms with Gasteiger partial charge in [0.15, 0.2) is 5.96 Å². The van der Waals surface area contributed by atoms with Crippen LogP contribution >= 0.6 is 23.4 Å². The average Bonchev–Trinajstić information content (AvgIpc) is 2.47. The Morgan fingerprint density at radius 3 is 2.50 bits per heavy atom. The number of nitrogens with one attached hydrogen (secondary N) is 2. The van der Waals surface area contributed by atoms with Crippen molar-refractivity contribution in [2.45, 2.75) is 19.3 Å². The van der Waals surface area contributed by atoms with Crippen molar-refractivity contribution in [3.8, 4) is 0 Å². The summed E-state index contributed by atoms with van der Waals surface area (Å²) in [6, 6.07) is 7.97. The molecule has 0 bridgehead atoms. The molecule has 0 aromatic heterocycles. The van der Waals surface area contributed by atoms with Crippen molar-refractivity contribution < 1.29 is 0 Å². The third kappa shape index (κ3) is 7.65. The Kier molecular flexibility index (Phi) is 9.33. The van der Waals surface area contributed by atoms with E-state index in [2.05, 4.69) is 34.0 Å². The molecule has 0 spiro atoms. The number of guanidine groups is 1. The highest BCUT2D eigenvalue weighted by Crippen LogP contribution is 2.09. The van der Waals surface area contributed by atoms with Crippen LogP contribution < -0.4 is 10.6 Å². The maximum absolute atomic E-state index is 5.87. The summed E-state index contributed by atoms with van der Waals surface area (Å²) in [5, 5.41) is 7.44. The van der Waals surface area contributed by atoms with E-state index in [0.717, 1.165) is 30.5 Å². The van der Waals surface area contributed by atoms with Gasteiger partial charge in [0.05, 0.1) is 0 Å². The third-order valence-corrected chi connectivity index (χ3v) is 3.86. The molecule has 1 rings (SSSR count). The van der Waals surface area contributed by atoms with E-state index in [0.29, 0.717) is 0 Å². The van der Waals surface area contributed by atoms with E-state index >= 15 is 0 Å². The van der Waals surface area contributed by atoms with E-state index in [1.165, 1.54) is 24.2 Å². The topological polar surface area (TPSA) is 36.4 Å². The number of rotatable bonds is 8. The van der Waals surface area contributed by atoms with Crippen LogP contribution in [-0.4, -0.2) is 38.1 Å². The fraction of sp³-hybridized carbons (Fsp3) is 0.533. The van der Waals surface area contributed by atoms with Crippen LogP contribution in [-0.2, 0) is 6.42 Å². The molecule has 2 N–H and O–H groups in total. The SMILES string of the molecule is CN=C(NCCCCSC)NCCc1ccc(Cl)cc1. The van der Waals surface area contributed by atoms with Gasteiger partial charge in [0.25, 0.3) is 0 Å². The first-order valence-corrected chi connectivity index (χ1v) is 8.71. The zero-order valence-corrected chi connectivity index (χ0v) is 13.9. The maximum Gasteiger partial charge on any atom is 0.190 e. The molecule has 112 valence electrons. The minimum atomic E-state index is 0.782. The van der Waals surface area contributed by atoms with E-state index in [-0.39, 0.29) is 0 Å². The van der Waals surface area contributed by atoms with Crippen LogP contribution in [0.2, 0.25) is 5.02 Å². The highest BCUT2D eigenvalue weighted by atomic mass is 35.5. The smallest absolute Gasteiger partial charge is 0.190 e. The minimum absolute atomic E-state index is 0.782. The Bertz CT molecular complexity index is 393. The Morgan fingerprint density at radius 1 is 1.15 bits per heavy atom. The van der Waals surface area contributed by atoms with Crippen molar-refractivity contribution in [1.82, 2.24) is 10.6 Å². The Morgan fingerprint density at radius 2 is 1.85 bits per heavy atom. The fourth-order valence-corrected chi connectivity index (χ4v) is 2.39. The molecule has 3 nitrogen and oxygen atoms in total. The Balaban J connectivity index is 2.16. The number of hydrogen-bond donors (Lipinski definition) is 2. The number of halogens is 1. The predicted molar refractivity (Wildman–Crippen MR) is 92.1 cm³/mol. The second-order valence-electron chi connectivity index (χ2n) is 4.50. The molecule has 0 saturated heterocycles. The van der Waals surface area contributed by atoms with Crippen molar-refractivity contribution in [2.75, 3.05) is 32.1 Å². The summed E-state index contributed by atoms with van der Waals surface area (Å²) < 4.78 is 0. The van der Waals surface area contributed by atoms with Crippen LogP contribution in [0.5, 0.6) is 0 Å². The summed E-state index contributed by atoms with van der Waals surface area (Å²) in [6.07, 6.45) is 5.53. The standard InChI is InChI=1S/C15H24ClN3S/c1-17-15(18-10-3-4-12-20-2)19-11-9-13-5-7-14(16)8-6-13/h5-8H,3-4,9-12H2,1-2H3,(H2,17,18,19). The molecule has 0 aliphatic carbocycles. The highest BCUT2D eigenvalue weighted by Gasteiger charge is 1.98. The molecule has 0 amide bonds. The lowest BCUT2D eigenvalue weighted by Crippen LogP contribution is -2.38. The van der Waals surface area contributed by atoms with Crippen LogP contribution in [0.25, 0.3) is 0 Å². The van der Waals surface area contributed by atoms with Gasteiger partial charge < -0.3 is 10.6 Å². The van der Waals surface area contributed by atoms with Crippen LogP contribution in [0.1, 0.15) is 18.4 Å². The number of nitrogens with zero attached hydrogens (tertiary/aromatic N) is 1. The van der Waals surface area contributed by atoms with Crippen molar-refractivity contribution in [3.63, 3.8) is 0 Å². The van der Waals surface area contributed by atoms with Gasteiger partial charge in [0, 0.05) is 25.2 Å². The Labute approximate surface area is 131 Å². The van der Waals surface area contributed by atoms with Gasteiger partial charge in [-0.1, -0.05) is 23.7 Å². The first-order valence-electron chi connectivity index (χ1n) is 6.94. The number of benzene rings is 1. The van der Waals surface area contributed by atoms with Gasteiger partial charge in [-0.05, 0) is 49.0 Å². The molecule has 0 fully saturated rings. The second-order valence-corrected chi connectivity index (χ2v) is 5.92. The van der Waals surface area contributed by atoms with Crippen LogP contribution in [0, 0.1) is 0 Å². The van der Waals surface area contributed by atoms with E-state index in [1.54, 1.807) is 7.05 Å². The second kappa shape index (κ2) is 10.9. The number of thioether (sulfide) groups is 1. The Hall–Kier alpha value is -0.870. The summed E-state index contributed by atoms with van der Waals surface area (Å²) in [6.45, 7) is 1.84. The van der Waals surface area contributed by atoms with Crippen molar-refractivity contribution in [1.29, 1.82) is 0 Å². The molecule has 1 aromatic rings. The van der Waals surface area contributed by atoms with Gasteiger partial charge in [0.2, 0.25) is 0 Å². The maximum atomic E-state index is 5.87. The lowest BCUT2D eigenvalue weighted by atomic mass is 10.1. The molecule has 0 atom stereocenters. The molecule has 0 aliphatic heterocycles. The van der Waals surface area contributed by atoms with Gasteiger partial charge >= 0.3 is 0 Å². The first kappa shape index (κ1) is 17.2. The van der Waals surface area contributed by atoms with Gasteiger partial charge in [-0.25, -0.2) is 0 Å². The monoisotopic (exact) mass is 313 g/mol. The summed E-state index contributed by atoms with van der Waals surface area (Å²) in [7, 11) is 1.81. The van der Waals surface area contributed by atoms with E-state index in [4.69, 9.17) is 11.6 Å². The molecule has 5 heteroatoms. The molecule has 0 aliphatic rings. The first-order chi connectivity index (χ1) is 9.76. The summed E-state index contributed by atoms with van der Waals surface area (Å²) in [5.74, 6) is 2.10. The van der Waals surface area contributed by atoms with Gasteiger partial charge in [-0.2, -0.15) is 11.8 Å². The molecule has 0 saturated carbocycles. The quantitative estimate of drug-likeness (QED) is 0.439. The van der Waals surface area contributed by atoms with Crippen molar-refractivity contribution >= 4 is 29.3 Å². The fourth-order valence-electron chi connectivity index (χ4n) is 1.78. The van der Waals surface area contributed by atoms with E-state index in [9.17, 15) is 0 Å². The number of unbranched alkanes of at least 4 members (excludes halogenated alkanes) is 1. The van der Waals surface area contributed by atoms with Gasteiger partial charge in [0.1, 0.15) is 0 Å². The van der Waals surface area contributed by atoms with E-state index < -0.39 is 0 Å². The van der Waals surface area contributed by atoms with Gasteiger partial charge in [-0.3, -0.25) is 4.99 Å². The molecule has 1 aromatic carbocycles. The summed E-state index contributed by atoms with van der Waals surface area (Å²) >= 11 is 7.76. The zero-order valence-electron chi connectivity index (χ0n) is 12.3. The normalized spacial score (nSPS) is 11.4. The largest absolute Gasteiger partial charge is 0.356 e.